The third-order valence-electron chi connectivity index (χ3n) is 6.54. The summed E-state index contributed by atoms with van der Waals surface area (Å²) in [6.07, 6.45) is 0. The molecule has 0 spiro atoms. The summed E-state index contributed by atoms with van der Waals surface area (Å²) in [7, 11) is 0. The van der Waals surface area contributed by atoms with E-state index in [2.05, 4.69) is 4.90 Å². The van der Waals surface area contributed by atoms with Gasteiger partial charge in [-0.05, 0) is 55.7 Å². The standard InChI is InChI=1S/C28H31FN2O2/c1-20(2)31(28(33)22-8-4-3-5-9-22)18-24-17-30(16-23-10-6-7-11-27(23)32)19-26(24)21-12-14-25(29)15-13-21/h3-15,20,24,26,32H,16-19H2,1-2H3. The number of para-hydroxylation sites is 1. The zero-order valence-corrected chi connectivity index (χ0v) is 19.2. The SMILES string of the molecule is CC(C)N(CC1CN(Cc2ccccc2O)CC1c1ccc(F)cc1)C(=O)c1ccccc1. The van der Waals surface area contributed by atoms with Crippen molar-refractivity contribution in [2.24, 2.45) is 5.92 Å². The Morgan fingerprint density at radius 1 is 1.00 bits per heavy atom. The van der Waals surface area contributed by atoms with Crippen LogP contribution in [0.3, 0.4) is 0 Å². The van der Waals surface area contributed by atoms with E-state index in [0.717, 1.165) is 24.2 Å². The number of phenols is 1. The van der Waals surface area contributed by atoms with Gasteiger partial charge in [-0.25, -0.2) is 4.39 Å². The van der Waals surface area contributed by atoms with E-state index in [1.54, 1.807) is 6.07 Å². The maximum atomic E-state index is 13.6. The first-order valence-electron chi connectivity index (χ1n) is 11.5. The Hall–Kier alpha value is -3.18. The first kappa shape index (κ1) is 23.0. The minimum atomic E-state index is -0.248. The lowest BCUT2D eigenvalue weighted by Crippen LogP contribution is -2.42. The number of nitrogens with zero attached hydrogens (tertiary/aromatic N) is 2. The molecule has 1 saturated heterocycles. The van der Waals surface area contributed by atoms with E-state index < -0.39 is 0 Å². The predicted molar refractivity (Wildman–Crippen MR) is 129 cm³/mol. The van der Waals surface area contributed by atoms with Crippen LogP contribution in [0.2, 0.25) is 0 Å². The van der Waals surface area contributed by atoms with Crippen LogP contribution >= 0.6 is 0 Å². The Bertz CT molecular complexity index is 1070. The van der Waals surface area contributed by atoms with Gasteiger partial charge in [0.15, 0.2) is 0 Å². The Balaban J connectivity index is 1.58. The van der Waals surface area contributed by atoms with Crippen molar-refractivity contribution in [3.05, 3.63) is 101 Å². The zero-order chi connectivity index (χ0) is 23.4. The first-order valence-corrected chi connectivity index (χ1v) is 11.5. The van der Waals surface area contributed by atoms with E-state index in [1.807, 2.05) is 79.4 Å². The smallest absolute Gasteiger partial charge is 0.254 e. The summed E-state index contributed by atoms with van der Waals surface area (Å²) in [6.45, 7) is 6.92. The molecule has 1 aliphatic heterocycles. The van der Waals surface area contributed by atoms with Crippen LogP contribution in [0.1, 0.15) is 41.3 Å². The molecule has 0 saturated carbocycles. The molecule has 1 fully saturated rings. The number of phenolic OH excluding ortho intramolecular Hbond substituents is 1. The second-order valence-electron chi connectivity index (χ2n) is 9.16. The largest absolute Gasteiger partial charge is 0.508 e. The van der Waals surface area contributed by atoms with Crippen LogP contribution in [0, 0.1) is 11.7 Å². The topological polar surface area (TPSA) is 43.8 Å². The second kappa shape index (κ2) is 10.2. The van der Waals surface area contributed by atoms with Crippen molar-refractivity contribution in [3.8, 4) is 5.75 Å². The van der Waals surface area contributed by atoms with Crippen molar-refractivity contribution >= 4 is 5.91 Å². The second-order valence-corrected chi connectivity index (χ2v) is 9.16. The van der Waals surface area contributed by atoms with Gasteiger partial charge in [0.05, 0.1) is 0 Å². The third kappa shape index (κ3) is 5.42. The monoisotopic (exact) mass is 446 g/mol. The van der Waals surface area contributed by atoms with Gasteiger partial charge < -0.3 is 10.0 Å². The summed E-state index contributed by atoms with van der Waals surface area (Å²) in [5.41, 5.74) is 2.66. The summed E-state index contributed by atoms with van der Waals surface area (Å²) in [5, 5.41) is 10.2. The van der Waals surface area contributed by atoms with E-state index >= 15 is 0 Å². The zero-order valence-electron chi connectivity index (χ0n) is 19.2. The molecule has 0 bridgehead atoms. The van der Waals surface area contributed by atoms with Crippen LogP contribution < -0.4 is 0 Å². The van der Waals surface area contributed by atoms with E-state index in [1.165, 1.54) is 12.1 Å². The molecule has 4 nitrogen and oxygen atoms in total. The average Bonchev–Trinajstić information content (AvgIpc) is 3.21. The van der Waals surface area contributed by atoms with Crippen LogP contribution in [0.25, 0.3) is 0 Å². The molecule has 2 unspecified atom stereocenters. The summed E-state index contributed by atoms with van der Waals surface area (Å²) in [6, 6.07) is 23.6. The molecular weight excluding hydrogens is 415 g/mol. The third-order valence-corrected chi connectivity index (χ3v) is 6.54. The number of halogens is 1. The van der Waals surface area contributed by atoms with Crippen LogP contribution in [0.4, 0.5) is 4.39 Å². The molecule has 172 valence electrons. The lowest BCUT2D eigenvalue weighted by atomic mass is 9.88. The number of rotatable bonds is 7. The molecule has 5 heteroatoms. The number of benzene rings is 3. The van der Waals surface area contributed by atoms with E-state index in [9.17, 15) is 14.3 Å². The van der Waals surface area contributed by atoms with Crippen molar-refractivity contribution in [2.45, 2.75) is 32.4 Å². The number of carbonyl (C=O) groups excluding carboxylic acids is 1. The average molecular weight is 447 g/mol. The molecule has 33 heavy (non-hydrogen) atoms. The minimum Gasteiger partial charge on any atom is -0.508 e. The van der Waals surface area contributed by atoms with Crippen molar-refractivity contribution in [3.63, 3.8) is 0 Å². The van der Waals surface area contributed by atoms with Gasteiger partial charge in [0.2, 0.25) is 0 Å². The van der Waals surface area contributed by atoms with Crippen LogP contribution in [0.5, 0.6) is 5.75 Å². The Kier molecular flexibility index (Phi) is 7.09. The van der Waals surface area contributed by atoms with Gasteiger partial charge in [-0.2, -0.15) is 0 Å². The van der Waals surface area contributed by atoms with E-state index in [0.29, 0.717) is 24.4 Å². The minimum absolute atomic E-state index is 0.0302. The molecule has 0 radical (unpaired) electrons. The van der Waals surface area contributed by atoms with Gasteiger partial charge in [0, 0.05) is 49.3 Å². The molecule has 1 amide bonds. The lowest BCUT2D eigenvalue weighted by Gasteiger charge is -2.32. The highest BCUT2D eigenvalue weighted by Gasteiger charge is 2.36. The number of likely N-dealkylation sites (tertiary alicyclic amines) is 1. The summed E-state index contributed by atoms with van der Waals surface area (Å²) >= 11 is 0. The van der Waals surface area contributed by atoms with Crippen LogP contribution in [-0.4, -0.2) is 46.5 Å². The Morgan fingerprint density at radius 3 is 2.33 bits per heavy atom. The van der Waals surface area contributed by atoms with Gasteiger partial charge >= 0.3 is 0 Å². The van der Waals surface area contributed by atoms with Crippen LogP contribution in [0.15, 0.2) is 78.9 Å². The molecule has 1 N–H and O–H groups in total. The summed E-state index contributed by atoms with van der Waals surface area (Å²) in [4.78, 5) is 17.6. The molecule has 3 aromatic carbocycles. The van der Waals surface area contributed by atoms with Crippen molar-refractivity contribution < 1.29 is 14.3 Å². The molecule has 4 rings (SSSR count). The fourth-order valence-corrected chi connectivity index (χ4v) is 4.78. The predicted octanol–water partition coefficient (Wildman–Crippen LogP) is 5.30. The molecule has 0 aromatic heterocycles. The number of aromatic hydroxyl groups is 1. The van der Waals surface area contributed by atoms with Gasteiger partial charge in [0.25, 0.3) is 5.91 Å². The van der Waals surface area contributed by atoms with Crippen LogP contribution in [-0.2, 0) is 6.54 Å². The number of hydrogen-bond donors (Lipinski definition) is 1. The van der Waals surface area contributed by atoms with Gasteiger partial charge in [0.1, 0.15) is 11.6 Å². The maximum Gasteiger partial charge on any atom is 0.254 e. The van der Waals surface area contributed by atoms with Crippen molar-refractivity contribution in [2.75, 3.05) is 19.6 Å². The molecule has 1 aliphatic rings. The van der Waals surface area contributed by atoms with Crippen molar-refractivity contribution in [1.82, 2.24) is 9.80 Å². The highest BCUT2D eigenvalue weighted by molar-refractivity contribution is 5.94. The Morgan fingerprint density at radius 2 is 1.67 bits per heavy atom. The summed E-state index contributed by atoms with van der Waals surface area (Å²) < 4.78 is 13.6. The first-order chi connectivity index (χ1) is 15.9. The quantitative estimate of drug-likeness (QED) is 0.536. The molecule has 1 heterocycles. The van der Waals surface area contributed by atoms with Gasteiger partial charge in [-0.15, -0.1) is 0 Å². The fraction of sp³-hybridized carbons (Fsp3) is 0.321. The van der Waals surface area contributed by atoms with Crippen molar-refractivity contribution in [1.29, 1.82) is 0 Å². The van der Waals surface area contributed by atoms with E-state index in [-0.39, 0.29) is 29.6 Å². The summed E-state index contributed by atoms with van der Waals surface area (Å²) in [5.74, 6) is 0.435. The molecule has 0 aliphatic carbocycles. The molecule has 2 atom stereocenters. The Labute approximate surface area is 195 Å². The molecular formula is C28H31FN2O2. The number of carbonyl (C=O) groups is 1. The highest BCUT2D eigenvalue weighted by atomic mass is 19.1. The molecule has 3 aromatic rings. The number of amides is 1. The lowest BCUT2D eigenvalue weighted by molar-refractivity contribution is 0.0668. The van der Waals surface area contributed by atoms with Gasteiger partial charge in [-0.3, -0.25) is 9.69 Å². The normalized spacial score (nSPS) is 18.5. The van der Waals surface area contributed by atoms with Gasteiger partial charge in [-0.1, -0.05) is 48.5 Å². The maximum absolute atomic E-state index is 13.6. The van der Waals surface area contributed by atoms with E-state index in [4.69, 9.17) is 0 Å². The highest BCUT2D eigenvalue weighted by Crippen LogP contribution is 2.35. The number of hydrogen-bond acceptors (Lipinski definition) is 3. The fourth-order valence-electron chi connectivity index (χ4n) is 4.78.